The fraction of sp³-hybridized carbons (Fsp3) is 0.438. The number of pyridine rings is 1. The number of hydrogen-bond acceptors (Lipinski definition) is 1. The number of nitrogens with zero attached hydrogens (tertiary/aromatic N) is 1. The van der Waals surface area contributed by atoms with Gasteiger partial charge in [-0.15, -0.1) is 0 Å². The highest BCUT2D eigenvalue weighted by Crippen LogP contribution is 2.37. The Bertz CT molecular complexity index is 664. The maximum Gasteiger partial charge on any atom is 0.0726 e. The summed E-state index contributed by atoms with van der Waals surface area (Å²) < 4.78 is 1.15. The fourth-order valence-corrected chi connectivity index (χ4v) is 3.78. The van der Waals surface area contributed by atoms with Gasteiger partial charge in [-0.1, -0.05) is 34.0 Å². The maximum atomic E-state index is 6.70. The van der Waals surface area contributed by atoms with E-state index >= 15 is 0 Å². The third kappa shape index (κ3) is 2.19. The first-order valence-corrected chi connectivity index (χ1v) is 8.03. The van der Waals surface area contributed by atoms with Crippen LogP contribution in [0, 0.1) is 13.8 Å². The van der Waals surface area contributed by atoms with Gasteiger partial charge in [0, 0.05) is 15.6 Å². The molecule has 0 bridgehead atoms. The lowest BCUT2D eigenvalue weighted by atomic mass is 10.0. The Morgan fingerprint density at radius 2 is 1.89 bits per heavy atom. The average Bonchev–Trinajstić information content (AvgIpc) is 2.61. The summed E-state index contributed by atoms with van der Waals surface area (Å²) in [6.07, 6.45) is 5.88. The molecule has 0 fully saturated rings. The summed E-state index contributed by atoms with van der Waals surface area (Å²) in [6, 6.07) is 2.14. The lowest BCUT2D eigenvalue weighted by Gasteiger charge is -2.14. The maximum absolute atomic E-state index is 6.70. The Hall–Kier alpha value is -0.600. The zero-order chi connectivity index (χ0) is 13.6. The van der Waals surface area contributed by atoms with E-state index in [2.05, 4.69) is 35.8 Å². The summed E-state index contributed by atoms with van der Waals surface area (Å²) in [4.78, 5) is 4.89. The van der Waals surface area contributed by atoms with Crippen LogP contribution in [-0.4, -0.2) is 4.98 Å². The van der Waals surface area contributed by atoms with E-state index in [1.165, 1.54) is 41.6 Å². The normalized spacial score (nSPS) is 15.4. The van der Waals surface area contributed by atoms with Gasteiger partial charge in [0.2, 0.25) is 0 Å². The Morgan fingerprint density at radius 3 is 2.68 bits per heavy atom. The summed E-state index contributed by atoms with van der Waals surface area (Å²) in [6.45, 7) is 4.23. The Morgan fingerprint density at radius 1 is 1.16 bits per heavy atom. The lowest BCUT2D eigenvalue weighted by molar-refractivity contribution is 0.709. The molecule has 2 aromatic rings. The minimum absolute atomic E-state index is 0.931. The van der Waals surface area contributed by atoms with Crippen molar-refractivity contribution in [2.45, 2.75) is 46.0 Å². The van der Waals surface area contributed by atoms with Crippen LogP contribution >= 0.6 is 27.5 Å². The van der Waals surface area contributed by atoms with Crippen molar-refractivity contribution in [1.82, 2.24) is 4.98 Å². The van der Waals surface area contributed by atoms with Gasteiger partial charge in [0.1, 0.15) is 0 Å². The number of rotatable bonds is 0. The molecule has 1 aromatic heterocycles. The van der Waals surface area contributed by atoms with Crippen LogP contribution < -0.4 is 0 Å². The van der Waals surface area contributed by atoms with Gasteiger partial charge in [-0.25, -0.2) is 0 Å². The molecular weight excluding hydrogens is 322 g/mol. The molecule has 1 aliphatic carbocycles. The number of benzene rings is 1. The van der Waals surface area contributed by atoms with Crippen LogP contribution in [0.2, 0.25) is 5.02 Å². The van der Waals surface area contributed by atoms with Crippen molar-refractivity contribution in [2.24, 2.45) is 0 Å². The molecule has 1 aliphatic rings. The van der Waals surface area contributed by atoms with Gasteiger partial charge < -0.3 is 0 Å². The molecule has 3 heteroatoms. The highest BCUT2D eigenvalue weighted by molar-refractivity contribution is 9.10. The predicted molar refractivity (Wildman–Crippen MR) is 85.2 cm³/mol. The number of aryl methyl sites for hydroxylation is 3. The topological polar surface area (TPSA) is 12.9 Å². The molecular formula is C16H17BrClN. The van der Waals surface area contributed by atoms with Crippen LogP contribution in [0.1, 0.15) is 41.6 Å². The second-order valence-corrected chi connectivity index (χ2v) is 6.61. The highest BCUT2D eigenvalue weighted by Gasteiger charge is 2.18. The number of fused-ring (bicyclic) bond motifs is 2. The standard InChI is InChI=1S/C16H17BrClN/c1-9-8-13-14(10(2)15(9)17)16(18)11-6-4-3-5-7-12(11)19-13/h8H,3-7H2,1-2H3. The molecule has 0 saturated carbocycles. The molecule has 0 unspecified atom stereocenters. The largest absolute Gasteiger partial charge is 0.252 e. The van der Waals surface area contributed by atoms with Gasteiger partial charge in [0.05, 0.1) is 10.5 Å². The zero-order valence-electron chi connectivity index (χ0n) is 11.3. The van der Waals surface area contributed by atoms with Crippen LogP contribution in [0.3, 0.4) is 0 Å². The van der Waals surface area contributed by atoms with E-state index < -0.39 is 0 Å². The molecule has 1 nitrogen and oxygen atoms in total. The van der Waals surface area contributed by atoms with Crippen molar-refractivity contribution in [3.05, 3.63) is 37.9 Å². The van der Waals surface area contributed by atoms with Crippen LogP contribution in [0.4, 0.5) is 0 Å². The molecule has 0 amide bonds. The quantitative estimate of drug-likeness (QED) is 0.575. The molecule has 1 heterocycles. The molecule has 0 aliphatic heterocycles. The van der Waals surface area contributed by atoms with Gasteiger partial charge in [-0.05, 0) is 62.3 Å². The van der Waals surface area contributed by atoms with Crippen molar-refractivity contribution in [3.8, 4) is 0 Å². The first kappa shape index (κ1) is 13.4. The van der Waals surface area contributed by atoms with Crippen molar-refractivity contribution >= 4 is 38.4 Å². The van der Waals surface area contributed by atoms with E-state index in [1.54, 1.807) is 0 Å². The van der Waals surface area contributed by atoms with E-state index in [4.69, 9.17) is 16.6 Å². The molecule has 0 atom stereocenters. The van der Waals surface area contributed by atoms with Crippen LogP contribution in [0.5, 0.6) is 0 Å². The SMILES string of the molecule is Cc1cc2nc3c(c(Cl)c2c(C)c1Br)CCCCC3. The van der Waals surface area contributed by atoms with E-state index in [0.717, 1.165) is 33.2 Å². The first-order chi connectivity index (χ1) is 9.09. The summed E-state index contributed by atoms with van der Waals surface area (Å²) in [5.74, 6) is 0. The van der Waals surface area contributed by atoms with E-state index in [9.17, 15) is 0 Å². The van der Waals surface area contributed by atoms with Gasteiger partial charge in [-0.3, -0.25) is 4.98 Å². The first-order valence-electron chi connectivity index (χ1n) is 6.86. The van der Waals surface area contributed by atoms with Gasteiger partial charge in [0.15, 0.2) is 0 Å². The van der Waals surface area contributed by atoms with E-state index in [-0.39, 0.29) is 0 Å². The van der Waals surface area contributed by atoms with Crippen LogP contribution in [-0.2, 0) is 12.8 Å². The molecule has 0 saturated heterocycles. The number of halogens is 2. The van der Waals surface area contributed by atoms with Crippen LogP contribution in [0.25, 0.3) is 10.9 Å². The number of hydrogen-bond donors (Lipinski definition) is 0. The van der Waals surface area contributed by atoms with E-state index in [0.29, 0.717) is 0 Å². The molecule has 0 spiro atoms. The summed E-state index contributed by atoms with van der Waals surface area (Å²) in [5.41, 5.74) is 5.98. The Labute approximate surface area is 127 Å². The third-order valence-corrected chi connectivity index (χ3v) is 5.73. The van der Waals surface area contributed by atoms with Gasteiger partial charge >= 0.3 is 0 Å². The minimum atomic E-state index is 0.931. The van der Waals surface area contributed by atoms with Crippen molar-refractivity contribution < 1.29 is 0 Å². The third-order valence-electron chi connectivity index (χ3n) is 4.09. The second-order valence-electron chi connectivity index (χ2n) is 5.44. The van der Waals surface area contributed by atoms with Crippen molar-refractivity contribution in [3.63, 3.8) is 0 Å². The zero-order valence-corrected chi connectivity index (χ0v) is 13.7. The van der Waals surface area contributed by atoms with Crippen LogP contribution in [0.15, 0.2) is 10.5 Å². The highest BCUT2D eigenvalue weighted by atomic mass is 79.9. The monoisotopic (exact) mass is 337 g/mol. The van der Waals surface area contributed by atoms with Gasteiger partial charge in [0.25, 0.3) is 0 Å². The van der Waals surface area contributed by atoms with Crippen molar-refractivity contribution in [2.75, 3.05) is 0 Å². The van der Waals surface area contributed by atoms with Gasteiger partial charge in [-0.2, -0.15) is 0 Å². The molecule has 0 radical (unpaired) electrons. The average molecular weight is 339 g/mol. The summed E-state index contributed by atoms with van der Waals surface area (Å²) >= 11 is 10.4. The molecule has 3 rings (SSSR count). The fourth-order valence-electron chi connectivity index (χ4n) is 3.03. The molecule has 0 N–H and O–H groups in total. The summed E-state index contributed by atoms with van der Waals surface area (Å²) in [7, 11) is 0. The lowest BCUT2D eigenvalue weighted by Crippen LogP contribution is -2.00. The number of aromatic nitrogens is 1. The summed E-state index contributed by atoms with van der Waals surface area (Å²) in [5, 5.41) is 2.06. The Balaban J connectivity index is 2.38. The molecule has 1 aromatic carbocycles. The molecule has 19 heavy (non-hydrogen) atoms. The van der Waals surface area contributed by atoms with Crippen molar-refractivity contribution in [1.29, 1.82) is 0 Å². The Kier molecular flexibility index (Phi) is 3.57. The van der Waals surface area contributed by atoms with E-state index in [1.807, 2.05) is 0 Å². The predicted octanol–water partition coefficient (Wildman–Crippen LogP) is 5.54. The second kappa shape index (κ2) is 5.06. The minimum Gasteiger partial charge on any atom is -0.252 e. The molecule has 100 valence electrons. The smallest absolute Gasteiger partial charge is 0.0726 e.